The second-order valence-corrected chi connectivity index (χ2v) is 9.64. The van der Waals surface area contributed by atoms with E-state index >= 15 is 0 Å². The van der Waals surface area contributed by atoms with E-state index < -0.39 is 33.9 Å². The van der Waals surface area contributed by atoms with Gasteiger partial charge in [-0.2, -0.15) is 0 Å². The summed E-state index contributed by atoms with van der Waals surface area (Å²) in [6, 6.07) is 19.0. The average molecular weight is 542 g/mol. The van der Waals surface area contributed by atoms with Crippen molar-refractivity contribution in [2.45, 2.75) is 13.0 Å². The van der Waals surface area contributed by atoms with Gasteiger partial charge in [0.2, 0.25) is 0 Å². The van der Waals surface area contributed by atoms with Crippen molar-refractivity contribution in [3.05, 3.63) is 125 Å². The first-order valence-electron chi connectivity index (χ1n) is 11.8. The number of ether oxygens (including phenoxy) is 1. The van der Waals surface area contributed by atoms with Gasteiger partial charge in [0.15, 0.2) is 4.80 Å². The third kappa shape index (κ3) is 4.82. The summed E-state index contributed by atoms with van der Waals surface area (Å²) < 4.78 is 6.94. The van der Waals surface area contributed by atoms with Gasteiger partial charge < -0.3 is 15.2 Å². The lowest BCUT2D eigenvalue weighted by Gasteiger charge is -2.25. The van der Waals surface area contributed by atoms with Crippen LogP contribution in [0.25, 0.3) is 6.08 Å². The molecule has 0 fully saturated rings. The summed E-state index contributed by atoms with van der Waals surface area (Å²) in [5, 5.41) is 26.7. The first-order chi connectivity index (χ1) is 18.8. The first kappa shape index (κ1) is 25.6. The molecule has 1 N–H and O–H groups in total. The summed E-state index contributed by atoms with van der Waals surface area (Å²) in [4.78, 5) is 42.7. The smallest absolute Gasteiger partial charge is 0.271 e. The Morgan fingerprint density at radius 2 is 1.87 bits per heavy atom. The number of hydrogen-bond acceptors (Lipinski definition) is 8. The number of hydrogen-bond donors (Lipinski definition) is 1. The number of nitrogens with one attached hydrogen (secondary N) is 1. The van der Waals surface area contributed by atoms with Gasteiger partial charge in [-0.1, -0.05) is 53.8 Å². The maximum Gasteiger partial charge on any atom is 0.271 e. The molecule has 39 heavy (non-hydrogen) atoms. The zero-order chi connectivity index (χ0) is 27.7. The van der Waals surface area contributed by atoms with Crippen molar-refractivity contribution in [1.29, 1.82) is 0 Å². The van der Waals surface area contributed by atoms with E-state index in [0.717, 1.165) is 17.4 Å². The highest BCUT2D eigenvalue weighted by Gasteiger charge is 2.32. The quantitative estimate of drug-likeness (QED) is 0.294. The van der Waals surface area contributed by atoms with Crippen LogP contribution in [0.15, 0.2) is 93.9 Å². The standard InChI is InChI=1S/C28H22N4O6S/c1-16-23(26(34)30-19-10-4-3-5-11-19)24(17-8-6-12-20(14-17)38-2)31-27(35)22(39-28(31)29-16)15-18-9-7-13-21(25(18)33)32(36)37/h3-15,24,33H,1-2H3,(H,30,34)/p-1/b22-15+/t24-/m1/s1. The van der Waals surface area contributed by atoms with Crippen molar-refractivity contribution in [3.8, 4) is 11.5 Å². The minimum atomic E-state index is -0.848. The number of aromatic nitrogens is 1. The number of para-hydroxylation sites is 2. The Bertz CT molecular complexity index is 1820. The van der Waals surface area contributed by atoms with Crippen LogP contribution in [-0.4, -0.2) is 22.5 Å². The highest BCUT2D eigenvalue weighted by Crippen LogP contribution is 2.32. The van der Waals surface area contributed by atoms with Gasteiger partial charge in [0.05, 0.1) is 33.9 Å². The predicted molar refractivity (Wildman–Crippen MR) is 144 cm³/mol. The van der Waals surface area contributed by atoms with Crippen LogP contribution in [0.5, 0.6) is 11.5 Å². The van der Waals surface area contributed by atoms with E-state index in [4.69, 9.17) is 4.74 Å². The minimum Gasteiger partial charge on any atom is -0.867 e. The fourth-order valence-electron chi connectivity index (χ4n) is 4.40. The number of methoxy groups -OCH3 is 1. The molecular formula is C28H21N4O6S-. The number of thiazole rings is 1. The Kier molecular flexibility index (Phi) is 6.82. The molecule has 0 saturated carbocycles. The number of fused-ring (bicyclic) bond motifs is 1. The molecule has 0 radical (unpaired) electrons. The number of amides is 1. The number of benzene rings is 3. The normalized spacial score (nSPS) is 14.9. The van der Waals surface area contributed by atoms with Gasteiger partial charge in [0.25, 0.3) is 17.2 Å². The fourth-order valence-corrected chi connectivity index (χ4v) is 5.44. The topological polar surface area (TPSA) is 139 Å². The average Bonchev–Trinajstić information content (AvgIpc) is 3.23. The molecule has 4 aromatic rings. The molecule has 2 heterocycles. The maximum absolute atomic E-state index is 13.8. The van der Waals surface area contributed by atoms with E-state index in [1.165, 1.54) is 29.9 Å². The summed E-state index contributed by atoms with van der Waals surface area (Å²) >= 11 is 1.03. The summed E-state index contributed by atoms with van der Waals surface area (Å²) in [5.74, 6) is -0.679. The molecule has 1 aromatic heterocycles. The molecule has 0 unspecified atom stereocenters. The Labute approximate surface area is 225 Å². The summed E-state index contributed by atoms with van der Waals surface area (Å²) in [7, 11) is 1.52. The first-order valence-corrected chi connectivity index (χ1v) is 12.6. The molecule has 1 atom stereocenters. The maximum atomic E-state index is 13.8. The zero-order valence-electron chi connectivity index (χ0n) is 20.8. The van der Waals surface area contributed by atoms with Crippen LogP contribution in [0.1, 0.15) is 24.1 Å². The van der Waals surface area contributed by atoms with E-state index in [9.17, 15) is 24.8 Å². The van der Waals surface area contributed by atoms with Crippen molar-refractivity contribution in [2.24, 2.45) is 4.99 Å². The second-order valence-electron chi connectivity index (χ2n) is 8.63. The van der Waals surface area contributed by atoms with Crippen LogP contribution >= 0.6 is 11.3 Å². The van der Waals surface area contributed by atoms with Gasteiger partial charge in [-0.25, -0.2) is 4.99 Å². The summed E-state index contributed by atoms with van der Waals surface area (Å²) in [6.07, 6.45) is 1.32. The highest BCUT2D eigenvalue weighted by atomic mass is 32.1. The van der Waals surface area contributed by atoms with Crippen LogP contribution in [0.2, 0.25) is 0 Å². The number of rotatable bonds is 6. The number of carbonyl (C=O) groups excluding carboxylic acids is 1. The van der Waals surface area contributed by atoms with E-state index in [1.54, 1.807) is 55.5 Å². The fraction of sp³-hybridized carbons (Fsp3) is 0.107. The van der Waals surface area contributed by atoms with E-state index in [2.05, 4.69) is 10.3 Å². The predicted octanol–water partition coefficient (Wildman–Crippen LogP) is 2.86. The van der Waals surface area contributed by atoms with Crippen LogP contribution in [0.4, 0.5) is 11.4 Å². The van der Waals surface area contributed by atoms with E-state index in [-0.39, 0.29) is 15.7 Å². The molecule has 1 aliphatic rings. The lowest BCUT2D eigenvalue weighted by atomic mass is 9.95. The van der Waals surface area contributed by atoms with Gasteiger partial charge in [-0.15, -0.1) is 0 Å². The van der Waals surface area contributed by atoms with E-state index in [0.29, 0.717) is 27.5 Å². The molecule has 10 nitrogen and oxygen atoms in total. The van der Waals surface area contributed by atoms with Gasteiger partial charge in [-0.05, 0) is 54.1 Å². The summed E-state index contributed by atoms with van der Waals surface area (Å²) in [5.41, 5.74) is 0.823. The molecule has 0 saturated heterocycles. The number of nitro groups is 1. The molecule has 196 valence electrons. The third-order valence-corrected chi connectivity index (χ3v) is 7.20. The number of carbonyl (C=O) groups is 1. The third-order valence-electron chi connectivity index (χ3n) is 6.22. The molecule has 5 rings (SSSR count). The molecule has 0 aliphatic carbocycles. The monoisotopic (exact) mass is 541 g/mol. The largest absolute Gasteiger partial charge is 0.867 e. The van der Waals surface area contributed by atoms with Gasteiger partial charge in [0.1, 0.15) is 5.75 Å². The zero-order valence-corrected chi connectivity index (χ0v) is 21.6. The molecule has 3 aromatic carbocycles. The number of nitrogens with zero attached hydrogens (tertiary/aromatic N) is 3. The van der Waals surface area contributed by atoms with Crippen molar-refractivity contribution >= 4 is 34.7 Å². The SMILES string of the molecule is COc1cccc([C@@H]2C(C(=O)Nc3ccccc3)=C(C)N=c3s/c(=C/c4cccc([N+](=O)[O-])c4[O-])c(=O)n32)c1. The van der Waals surface area contributed by atoms with Crippen LogP contribution < -0.4 is 30.1 Å². The number of allylic oxidation sites excluding steroid dienone is 1. The Balaban J connectivity index is 1.70. The lowest BCUT2D eigenvalue weighted by molar-refractivity contribution is -0.398. The molecule has 0 bridgehead atoms. The van der Waals surface area contributed by atoms with Crippen LogP contribution in [0.3, 0.4) is 0 Å². The van der Waals surface area contributed by atoms with Gasteiger partial charge >= 0.3 is 0 Å². The Morgan fingerprint density at radius 1 is 1.13 bits per heavy atom. The number of anilines is 1. The van der Waals surface area contributed by atoms with Crippen LogP contribution in [0, 0.1) is 10.1 Å². The molecule has 11 heteroatoms. The Hall–Kier alpha value is -5.03. The number of nitro benzene ring substituents is 1. The van der Waals surface area contributed by atoms with Gasteiger partial charge in [-0.3, -0.25) is 24.3 Å². The molecule has 0 spiro atoms. The van der Waals surface area contributed by atoms with E-state index in [1.807, 2.05) is 6.07 Å². The highest BCUT2D eigenvalue weighted by molar-refractivity contribution is 7.07. The van der Waals surface area contributed by atoms with Crippen molar-refractivity contribution in [1.82, 2.24) is 4.57 Å². The Morgan fingerprint density at radius 3 is 2.59 bits per heavy atom. The molecule has 1 aliphatic heterocycles. The lowest BCUT2D eigenvalue weighted by Crippen LogP contribution is -2.40. The van der Waals surface area contributed by atoms with Crippen molar-refractivity contribution < 1.29 is 19.6 Å². The second kappa shape index (κ2) is 10.4. The molecule has 1 amide bonds. The summed E-state index contributed by atoms with van der Waals surface area (Å²) in [6.45, 7) is 1.69. The van der Waals surface area contributed by atoms with Gasteiger partial charge in [0, 0.05) is 11.8 Å². The van der Waals surface area contributed by atoms with Crippen molar-refractivity contribution in [2.75, 3.05) is 12.4 Å². The van der Waals surface area contributed by atoms with Crippen molar-refractivity contribution in [3.63, 3.8) is 0 Å². The van der Waals surface area contributed by atoms with Crippen LogP contribution in [-0.2, 0) is 4.79 Å². The minimum absolute atomic E-state index is 0.00477. The molecular weight excluding hydrogens is 520 g/mol.